The van der Waals surface area contributed by atoms with Gasteiger partial charge in [-0.2, -0.15) is 0 Å². The van der Waals surface area contributed by atoms with Gasteiger partial charge in [-0.25, -0.2) is 4.98 Å². The normalized spacial score (nSPS) is 10.9. The molecule has 0 atom stereocenters. The largest absolute Gasteiger partial charge is 0.310 e. The molecule has 2 heterocycles. The Hall–Kier alpha value is -2.33. The summed E-state index contributed by atoms with van der Waals surface area (Å²) in [4.78, 5) is 17.0. The summed E-state index contributed by atoms with van der Waals surface area (Å²) < 4.78 is 1.90. The number of amides is 1. The molecule has 0 spiro atoms. The van der Waals surface area contributed by atoms with Crippen LogP contribution in [0.25, 0.3) is 16.9 Å². The predicted octanol–water partition coefficient (Wildman–Crippen LogP) is 5.17. The lowest BCUT2D eigenvalue weighted by molar-refractivity contribution is -0.116. The number of benzene rings is 1. The topological polar surface area (TPSA) is 46.4 Å². The second-order valence-electron chi connectivity index (χ2n) is 5.75. The molecule has 0 fully saturated rings. The summed E-state index contributed by atoms with van der Waals surface area (Å²) >= 11 is 5.98. The van der Waals surface area contributed by atoms with Gasteiger partial charge >= 0.3 is 0 Å². The number of halogens is 1. The molecule has 0 saturated carbocycles. The maximum atomic E-state index is 12.3. The fraction of sp³-hybridized carbons (Fsp3) is 0.263. The maximum Gasteiger partial charge on any atom is 0.225 e. The number of carbonyl (C=O) groups excluding carboxylic acids is 1. The van der Waals surface area contributed by atoms with E-state index in [1.807, 2.05) is 53.1 Å². The van der Waals surface area contributed by atoms with Crippen LogP contribution in [-0.2, 0) is 4.79 Å². The van der Waals surface area contributed by atoms with Crippen molar-refractivity contribution >= 4 is 29.0 Å². The minimum absolute atomic E-state index is 0.0179. The number of carbonyl (C=O) groups is 1. The second kappa shape index (κ2) is 7.49. The Morgan fingerprint density at radius 3 is 2.71 bits per heavy atom. The number of anilines is 1. The van der Waals surface area contributed by atoms with Crippen LogP contribution in [-0.4, -0.2) is 15.3 Å². The van der Waals surface area contributed by atoms with Crippen LogP contribution in [0.3, 0.4) is 0 Å². The zero-order valence-corrected chi connectivity index (χ0v) is 14.4. The van der Waals surface area contributed by atoms with Crippen LogP contribution in [0.15, 0.2) is 48.7 Å². The lowest BCUT2D eigenvalue weighted by Gasteiger charge is -2.08. The molecule has 1 amide bonds. The van der Waals surface area contributed by atoms with Crippen LogP contribution >= 0.6 is 11.6 Å². The Bertz CT molecular complexity index is 839. The van der Waals surface area contributed by atoms with Crippen molar-refractivity contribution in [3.8, 4) is 11.3 Å². The minimum Gasteiger partial charge on any atom is -0.310 e. The number of hydrogen-bond acceptors (Lipinski definition) is 2. The van der Waals surface area contributed by atoms with Gasteiger partial charge in [0.15, 0.2) is 0 Å². The molecule has 0 aliphatic carbocycles. The fourth-order valence-electron chi connectivity index (χ4n) is 2.65. The van der Waals surface area contributed by atoms with Crippen LogP contribution in [0, 0.1) is 0 Å². The van der Waals surface area contributed by atoms with Crippen molar-refractivity contribution in [2.24, 2.45) is 0 Å². The summed E-state index contributed by atoms with van der Waals surface area (Å²) in [6.07, 6.45) is 5.48. The Balaban J connectivity index is 1.96. The van der Waals surface area contributed by atoms with E-state index >= 15 is 0 Å². The van der Waals surface area contributed by atoms with E-state index in [2.05, 4.69) is 17.2 Å². The SMILES string of the molecule is CCCCCC(=O)Nc1c(-c2ccc(Cl)cc2)nc2ccccn12. The molecule has 0 aliphatic heterocycles. The van der Waals surface area contributed by atoms with Crippen molar-refractivity contribution in [3.05, 3.63) is 53.7 Å². The van der Waals surface area contributed by atoms with E-state index < -0.39 is 0 Å². The monoisotopic (exact) mass is 341 g/mol. The Kier molecular flexibility index (Phi) is 5.16. The van der Waals surface area contributed by atoms with Gasteiger partial charge in [-0.1, -0.05) is 49.6 Å². The number of rotatable bonds is 6. The molecule has 0 saturated heterocycles. The number of aromatic nitrogens is 2. The molecule has 0 aliphatic rings. The number of hydrogen-bond donors (Lipinski definition) is 1. The van der Waals surface area contributed by atoms with Crippen LogP contribution in [0.1, 0.15) is 32.6 Å². The first-order valence-electron chi connectivity index (χ1n) is 8.22. The molecule has 0 radical (unpaired) electrons. The molecule has 4 nitrogen and oxygen atoms in total. The van der Waals surface area contributed by atoms with Crippen LogP contribution in [0.2, 0.25) is 5.02 Å². The van der Waals surface area contributed by atoms with Crippen molar-refractivity contribution < 1.29 is 4.79 Å². The van der Waals surface area contributed by atoms with Crippen molar-refractivity contribution in [2.45, 2.75) is 32.6 Å². The molecule has 3 rings (SSSR count). The summed E-state index contributed by atoms with van der Waals surface area (Å²) in [7, 11) is 0. The van der Waals surface area contributed by atoms with E-state index in [1.165, 1.54) is 0 Å². The summed E-state index contributed by atoms with van der Waals surface area (Å²) in [6, 6.07) is 13.3. The smallest absolute Gasteiger partial charge is 0.225 e. The maximum absolute atomic E-state index is 12.3. The van der Waals surface area contributed by atoms with Gasteiger partial charge < -0.3 is 5.32 Å². The predicted molar refractivity (Wildman–Crippen MR) is 98.4 cm³/mol. The zero-order valence-electron chi connectivity index (χ0n) is 13.6. The quantitative estimate of drug-likeness (QED) is 0.628. The first kappa shape index (κ1) is 16.5. The van der Waals surface area contributed by atoms with Crippen molar-refractivity contribution in [3.63, 3.8) is 0 Å². The van der Waals surface area contributed by atoms with Gasteiger partial charge in [-0.15, -0.1) is 0 Å². The number of pyridine rings is 1. The molecule has 124 valence electrons. The molecule has 1 aromatic carbocycles. The Morgan fingerprint density at radius 1 is 1.17 bits per heavy atom. The molecular weight excluding hydrogens is 322 g/mol. The lowest BCUT2D eigenvalue weighted by atomic mass is 10.1. The number of imidazole rings is 1. The van der Waals surface area contributed by atoms with E-state index in [0.29, 0.717) is 17.3 Å². The van der Waals surface area contributed by atoms with Crippen LogP contribution in [0.4, 0.5) is 5.82 Å². The minimum atomic E-state index is 0.0179. The molecule has 0 bridgehead atoms. The van der Waals surface area contributed by atoms with Crippen molar-refractivity contribution in [1.29, 1.82) is 0 Å². The molecule has 2 aromatic heterocycles. The third kappa shape index (κ3) is 3.60. The highest BCUT2D eigenvalue weighted by Crippen LogP contribution is 2.29. The summed E-state index contributed by atoms with van der Waals surface area (Å²) in [5, 5.41) is 3.71. The first-order chi connectivity index (χ1) is 11.7. The van der Waals surface area contributed by atoms with Crippen molar-refractivity contribution in [1.82, 2.24) is 9.38 Å². The standard InChI is InChI=1S/C19H20ClN3O/c1-2-3-4-8-17(24)22-19-18(14-9-11-15(20)12-10-14)21-16-7-5-6-13-23(16)19/h5-7,9-13H,2-4,8H2,1H3,(H,22,24). The fourth-order valence-corrected chi connectivity index (χ4v) is 2.78. The van der Waals surface area contributed by atoms with Gasteiger partial charge in [0.25, 0.3) is 0 Å². The molecule has 0 unspecified atom stereocenters. The van der Waals surface area contributed by atoms with Crippen molar-refractivity contribution in [2.75, 3.05) is 5.32 Å². The molecule has 3 aromatic rings. The lowest BCUT2D eigenvalue weighted by Crippen LogP contribution is -2.13. The van der Waals surface area contributed by atoms with E-state index in [0.717, 1.165) is 36.2 Å². The van der Waals surface area contributed by atoms with Gasteiger partial charge in [-0.3, -0.25) is 9.20 Å². The molecule has 24 heavy (non-hydrogen) atoms. The van der Waals surface area contributed by atoms with Gasteiger partial charge in [0.2, 0.25) is 5.91 Å². The Morgan fingerprint density at radius 2 is 1.96 bits per heavy atom. The number of unbranched alkanes of at least 4 members (excludes halogenated alkanes) is 2. The number of fused-ring (bicyclic) bond motifs is 1. The molecular formula is C19H20ClN3O. The highest BCUT2D eigenvalue weighted by Gasteiger charge is 2.16. The van der Waals surface area contributed by atoms with E-state index in [1.54, 1.807) is 0 Å². The number of nitrogens with zero attached hydrogens (tertiary/aromatic N) is 2. The first-order valence-corrected chi connectivity index (χ1v) is 8.59. The highest BCUT2D eigenvalue weighted by atomic mass is 35.5. The van der Waals surface area contributed by atoms with Gasteiger partial charge in [0.05, 0.1) is 0 Å². The molecule has 5 heteroatoms. The van der Waals surface area contributed by atoms with E-state index in [9.17, 15) is 4.79 Å². The van der Waals surface area contributed by atoms with Gasteiger partial charge in [0, 0.05) is 23.2 Å². The third-order valence-corrected chi connectivity index (χ3v) is 4.16. The van der Waals surface area contributed by atoms with Gasteiger partial charge in [-0.05, 0) is 30.7 Å². The zero-order chi connectivity index (χ0) is 16.9. The molecule has 1 N–H and O–H groups in total. The van der Waals surface area contributed by atoms with Crippen LogP contribution < -0.4 is 5.32 Å². The summed E-state index contributed by atoms with van der Waals surface area (Å²) in [6.45, 7) is 2.13. The highest BCUT2D eigenvalue weighted by molar-refractivity contribution is 6.30. The van der Waals surface area contributed by atoms with Gasteiger partial charge in [0.1, 0.15) is 17.2 Å². The second-order valence-corrected chi connectivity index (χ2v) is 6.19. The van der Waals surface area contributed by atoms with E-state index in [-0.39, 0.29) is 5.91 Å². The van der Waals surface area contributed by atoms with E-state index in [4.69, 9.17) is 11.6 Å². The summed E-state index contributed by atoms with van der Waals surface area (Å²) in [5.41, 5.74) is 2.47. The third-order valence-electron chi connectivity index (χ3n) is 3.91. The average molecular weight is 342 g/mol. The van der Waals surface area contributed by atoms with Crippen LogP contribution in [0.5, 0.6) is 0 Å². The number of nitrogens with one attached hydrogen (secondary N) is 1. The average Bonchev–Trinajstić information content (AvgIpc) is 2.94. The summed E-state index contributed by atoms with van der Waals surface area (Å²) in [5.74, 6) is 0.721. The Labute approximate surface area is 146 Å².